The van der Waals surface area contributed by atoms with Crippen molar-refractivity contribution < 1.29 is 14.3 Å². The molecule has 0 aliphatic heterocycles. The molecule has 2 aromatic rings. The minimum absolute atomic E-state index is 0.0325. The molecule has 0 saturated heterocycles. The molecule has 26 heavy (non-hydrogen) atoms. The fraction of sp³-hybridized carbons (Fsp3) is 0.316. The van der Waals surface area contributed by atoms with Crippen molar-refractivity contribution in [1.82, 2.24) is 5.43 Å². The Morgan fingerprint density at radius 2 is 2.00 bits per heavy atom. The molecule has 0 unspecified atom stereocenters. The van der Waals surface area contributed by atoms with Crippen LogP contribution in [0.1, 0.15) is 41.6 Å². The van der Waals surface area contributed by atoms with E-state index >= 15 is 0 Å². The molecule has 0 aliphatic rings. The SMILES string of the molecule is C/C(=N/NC(=S)Nc1ccc(C)cc1C)c1cc(CCC(=O)O)oc1C. The minimum Gasteiger partial charge on any atom is -0.481 e. The van der Waals surface area contributed by atoms with E-state index in [2.05, 4.69) is 21.9 Å². The first-order valence-corrected chi connectivity index (χ1v) is 8.67. The third-order valence-corrected chi connectivity index (χ3v) is 4.09. The number of aliphatic carboxylic acids is 1. The van der Waals surface area contributed by atoms with E-state index in [4.69, 9.17) is 21.7 Å². The molecule has 0 fully saturated rings. The average Bonchev–Trinajstić information content (AvgIpc) is 2.94. The molecular weight excluding hydrogens is 350 g/mol. The van der Waals surface area contributed by atoms with Gasteiger partial charge in [0.15, 0.2) is 5.11 Å². The maximum absolute atomic E-state index is 10.7. The van der Waals surface area contributed by atoms with Gasteiger partial charge in [0.25, 0.3) is 0 Å². The van der Waals surface area contributed by atoms with Gasteiger partial charge >= 0.3 is 5.97 Å². The Morgan fingerprint density at radius 1 is 1.27 bits per heavy atom. The summed E-state index contributed by atoms with van der Waals surface area (Å²) in [4.78, 5) is 10.7. The van der Waals surface area contributed by atoms with E-state index in [-0.39, 0.29) is 6.42 Å². The number of furan rings is 1. The van der Waals surface area contributed by atoms with Crippen molar-refractivity contribution in [2.24, 2.45) is 5.10 Å². The number of hydrogen-bond acceptors (Lipinski definition) is 4. The van der Waals surface area contributed by atoms with Gasteiger partial charge in [0.1, 0.15) is 11.5 Å². The third kappa shape index (κ3) is 5.42. The highest BCUT2D eigenvalue weighted by Gasteiger charge is 2.11. The quantitative estimate of drug-likeness (QED) is 0.404. The van der Waals surface area contributed by atoms with Crippen LogP contribution in [0, 0.1) is 20.8 Å². The number of anilines is 1. The van der Waals surface area contributed by atoms with Crippen LogP contribution in [0.5, 0.6) is 0 Å². The van der Waals surface area contributed by atoms with Gasteiger partial charge in [-0.05, 0) is 57.6 Å². The zero-order valence-corrected chi connectivity index (χ0v) is 16.2. The van der Waals surface area contributed by atoms with E-state index in [1.807, 2.05) is 45.9 Å². The lowest BCUT2D eigenvalue weighted by atomic mass is 10.1. The molecule has 138 valence electrons. The number of aryl methyl sites for hydroxylation is 4. The number of benzene rings is 1. The number of carboxylic acids is 1. The Kier molecular flexibility index (Phi) is 6.52. The fourth-order valence-corrected chi connectivity index (χ4v) is 2.71. The van der Waals surface area contributed by atoms with Crippen LogP contribution < -0.4 is 10.7 Å². The summed E-state index contributed by atoms with van der Waals surface area (Å²) >= 11 is 5.29. The van der Waals surface area contributed by atoms with Gasteiger partial charge in [-0.15, -0.1) is 0 Å². The highest BCUT2D eigenvalue weighted by Crippen LogP contribution is 2.18. The van der Waals surface area contributed by atoms with E-state index in [1.54, 1.807) is 0 Å². The first-order valence-electron chi connectivity index (χ1n) is 8.26. The van der Waals surface area contributed by atoms with Crippen molar-refractivity contribution in [3.05, 3.63) is 52.5 Å². The van der Waals surface area contributed by atoms with Crippen molar-refractivity contribution in [2.75, 3.05) is 5.32 Å². The second-order valence-corrected chi connectivity index (χ2v) is 6.57. The zero-order chi connectivity index (χ0) is 19.3. The minimum atomic E-state index is -0.851. The predicted octanol–water partition coefficient (Wildman–Crippen LogP) is 3.93. The Morgan fingerprint density at radius 3 is 2.65 bits per heavy atom. The summed E-state index contributed by atoms with van der Waals surface area (Å²) in [5, 5.41) is 16.6. The second kappa shape index (κ2) is 8.62. The molecule has 0 radical (unpaired) electrons. The van der Waals surface area contributed by atoms with E-state index in [0.717, 1.165) is 16.8 Å². The van der Waals surface area contributed by atoms with Crippen molar-refractivity contribution in [3.63, 3.8) is 0 Å². The molecule has 1 aromatic carbocycles. The summed E-state index contributed by atoms with van der Waals surface area (Å²) < 4.78 is 5.60. The van der Waals surface area contributed by atoms with Crippen LogP contribution >= 0.6 is 12.2 Å². The summed E-state index contributed by atoms with van der Waals surface area (Å²) in [6.45, 7) is 7.72. The van der Waals surface area contributed by atoms with Gasteiger partial charge in [-0.1, -0.05) is 17.7 Å². The molecule has 0 atom stereocenters. The lowest BCUT2D eigenvalue weighted by Gasteiger charge is -2.11. The summed E-state index contributed by atoms with van der Waals surface area (Å²) in [5.41, 5.74) is 7.58. The van der Waals surface area contributed by atoms with Gasteiger partial charge in [0, 0.05) is 17.7 Å². The van der Waals surface area contributed by atoms with E-state index < -0.39 is 5.97 Å². The molecule has 3 N–H and O–H groups in total. The van der Waals surface area contributed by atoms with Crippen LogP contribution in [0.15, 0.2) is 33.8 Å². The number of nitrogens with one attached hydrogen (secondary N) is 2. The largest absolute Gasteiger partial charge is 0.481 e. The number of thiocarbonyl (C=S) groups is 1. The van der Waals surface area contributed by atoms with Crippen molar-refractivity contribution in [1.29, 1.82) is 0 Å². The lowest BCUT2D eigenvalue weighted by molar-refractivity contribution is -0.137. The monoisotopic (exact) mass is 373 g/mol. The van der Waals surface area contributed by atoms with Crippen LogP contribution in [-0.4, -0.2) is 21.9 Å². The van der Waals surface area contributed by atoms with Crippen molar-refractivity contribution >= 4 is 34.7 Å². The van der Waals surface area contributed by atoms with Crippen molar-refractivity contribution in [2.45, 2.75) is 40.5 Å². The molecule has 0 bridgehead atoms. The van der Waals surface area contributed by atoms with E-state index in [1.165, 1.54) is 5.56 Å². The normalized spacial score (nSPS) is 11.3. The summed E-state index contributed by atoms with van der Waals surface area (Å²) in [7, 11) is 0. The molecule has 1 aromatic heterocycles. The number of nitrogens with zero attached hydrogens (tertiary/aromatic N) is 1. The Bertz CT molecular complexity index is 856. The first kappa shape index (κ1) is 19.7. The van der Waals surface area contributed by atoms with Gasteiger partial charge in [-0.3, -0.25) is 10.2 Å². The maximum Gasteiger partial charge on any atom is 0.303 e. The van der Waals surface area contributed by atoms with Crippen LogP contribution in [0.3, 0.4) is 0 Å². The number of hydrazone groups is 1. The zero-order valence-electron chi connectivity index (χ0n) is 15.3. The lowest BCUT2D eigenvalue weighted by Crippen LogP contribution is -2.25. The number of hydrogen-bond donors (Lipinski definition) is 3. The van der Waals surface area contributed by atoms with Gasteiger partial charge in [-0.25, -0.2) is 0 Å². The smallest absolute Gasteiger partial charge is 0.303 e. The third-order valence-electron chi connectivity index (χ3n) is 3.90. The molecule has 0 saturated carbocycles. The van der Waals surface area contributed by atoms with Crippen LogP contribution in [0.2, 0.25) is 0 Å². The Hall–Kier alpha value is -2.67. The molecule has 6 nitrogen and oxygen atoms in total. The summed E-state index contributed by atoms with van der Waals surface area (Å²) in [6.07, 6.45) is 0.383. The summed E-state index contributed by atoms with van der Waals surface area (Å²) in [6, 6.07) is 7.89. The van der Waals surface area contributed by atoms with Gasteiger partial charge in [-0.2, -0.15) is 5.10 Å². The molecule has 7 heteroatoms. The molecule has 0 aliphatic carbocycles. The molecule has 0 spiro atoms. The highest BCUT2D eigenvalue weighted by atomic mass is 32.1. The number of carboxylic acid groups (broad SMARTS) is 1. The van der Waals surface area contributed by atoms with Gasteiger partial charge in [0.2, 0.25) is 0 Å². The van der Waals surface area contributed by atoms with Crippen molar-refractivity contribution in [3.8, 4) is 0 Å². The summed E-state index contributed by atoms with van der Waals surface area (Å²) in [5.74, 6) is 0.475. The van der Waals surface area contributed by atoms with E-state index in [9.17, 15) is 4.79 Å². The van der Waals surface area contributed by atoms with Gasteiger partial charge < -0.3 is 14.8 Å². The standard InChI is InChI=1S/C19H23N3O3S/c1-11-5-7-17(12(2)9-11)20-19(26)22-21-13(3)16-10-15(25-14(16)4)6-8-18(23)24/h5,7,9-10H,6,8H2,1-4H3,(H,23,24)(H2,20,22,26)/b21-13-. The maximum atomic E-state index is 10.7. The molecule has 0 amide bonds. The predicted molar refractivity (Wildman–Crippen MR) is 107 cm³/mol. The molecule has 2 rings (SSSR count). The van der Waals surface area contributed by atoms with E-state index in [0.29, 0.717) is 28.8 Å². The van der Waals surface area contributed by atoms with Crippen LogP contribution in [-0.2, 0) is 11.2 Å². The van der Waals surface area contributed by atoms with Crippen LogP contribution in [0.4, 0.5) is 5.69 Å². The number of rotatable bonds is 6. The average molecular weight is 373 g/mol. The first-order chi connectivity index (χ1) is 12.3. The highest BCUT2D eigenvalue weighted by molar-refractivity contribution is 7.80. The Balaban J connectivity index is 2.00. The topological polar surface area (TPSA) is 86.9 Å². The second-order valence-electron chi connectivity index (χ2n) is 6.16. The van der Waals surface area contributed by atoms with Gasteiger partial charge in [0.05, 0.1) is 12.1 Å². The molecular formula is C19H23N3O3S. The Labute approximate surface area is 158 Å². The fourth-order valence-electron chi connectivity index (χ4n) is 2.56. The number of carbonyl (C=O) groups is 1. The molecule has 1 heterocycles. The van der Waals surface area contributed by atoms with Crippen LogP contribution in [0.25, 0.3) is 0 Å².